The van der Waals surface area contributed by atoms with E-state index >= 15 is 0 Å². The normalized spacial score (nSPS) is 11.7. The molecule has 0 atom stereocenters. The highest BCUT2D eigenvalue weighted by Gasteiger charge is 2.23. The van der Waals surface area contributed by atoms with E-state index in [1.54, 1.807) is 30.0 Å². The van der Waals surface area contributed by atoms with Gasteiger partial charge in [0.15, 0.2) is 5.13 Å². The first-order valence-electron chi connectivity index (χ1n) is 6.67. The summed E-state index contributed by atoms with van der Waals surface area (Å²) in [6.45, 7) is 1.59. The van der Waals surface area contributed by atoms with Crippen LogP contribution in [0.2, 0.25) is 0 Å². The van der Waals surface area contributed by atoms with E-state index in [-0.39, 0.29) is 11.4 Å². The van der Waals surface area contributed by atoms with Gasteiger partial charge < -0.3 is 5.32 Å². The number of rotatable bonds is 6. The molecule has 124 valence electrons. The van der Waals surface area contributed by atoms with E-state index in [0.29, 0.717) is 5.13 Å². The first kappa shape index (κ1) is 17.9. The van der Waals surface area contributed by atoms with Gasteiger partial charge in [0.2, 0.25) is 15.9 Å². The summed E-state index contributed by atoms with van der Waals surface area (Å²) in [4.78, 5) is 16.5. The summed E-state index contributed by atoms with van der Waals surface area (Å²) in [7, 11) is -2.31. The molecule has 0 radical (unpaired) electrons. The third-order valence-corrected chi connectivity index (χ3v) is 7.10. The van der Waals surface area contributed by atoms with Gasteiger partial charge in [-0.05, 0) is 25.3 Å². The van der Waals surface area contributed by atoms with Crippen LogP contribution in [-0.4, -0.2) is 43.5 Å². The average Bonchev–Trinajstić information content (AvgIpc) is 2.87. The van der Waals surface area contributed by atoms with Gasteiger partial charge in [0.25, 0.3) is 0 Å². The number of benzene rings is 1. The van der Waals surface area contributed by atoms with Crippen LogP contribution in [0.5, 0.6) is 0 Å². The summed E-state index contributed by atoms with van der Waals surface area (Å²) in [6, 6.07) is 8.02. The predicted octanol–water partition coefficient (Wildman–Crippen LogP) is 2.43. The van der Waals surface area contributed by atoms with E-state index in [1.165, 1.54) is 30.5 Å². The minimum absolute atomic E-state index is 0.157. The summed E-state index contributed by atoms with van der Waals surface area (Å²) >= 11 is 2.93. The summed E-state index contributed by atoms with van der Waals surface area (Å²) in [5.41, 5.74) is 0.850. The predicted molar refractivity (Wildman–Crippen MR) is 93.5 cm³/mol. The lowest BCUT2D eigenvalue weighted by atomic mass is 10.4. The molecule has 1 amide bonds. The third kappa shape index (κ3) is 4.31. The van der Waals surface area contributed by atoms with E-state index in [1.807, 2.05) is 13.2 Å². The molecule has 0 unspecified atom stereocenters. The lowest BCUT2D eigenvalue weighted by Gasteiger charge is -2.16. The Balaban J connectivity index is 2.04. The van der Waals surface area contributed by atoms with E-state index in [0.717, 1.165) is 14.2 Å². The standard InChI is InChI=1S/C14H17N3O3S3/c1-10-13(21-3)22-14(15-10)16-12(18)9-17(2)23(19,20)11-7-5-4-6-8-11/h4-8H,9H2,1-3H3,(H,15,16,18). The van der Waals surface area contributed by atoms with Crippen molar-refractivity contribution in [2.75, 3.05) is 25.2 Å². The minimum atomic E-state index is -3.68. The summed E-state index contributed by atoms with van der Waals surface area (Å²) in [5, 5.41) is 3.12. The molecule has 1 N–H and O–H groups in total. The maximum Gasteiger partial charge on any atom is 0.243 e. The Morgan fingerprint density at radius 1 is 1.35 bits per heavy atom. The summed E-state index contributed by atoms with van der Waals surface area (Å²) in [5.74, 6) is -0.423. The number of carbonyl (C=O) groups excluding carboxylic acids is 1. The second-order valence-corrected chi connectivity index (χ2v) is 8.84. The lowest BCUT2D eigenvalue weighted by Crippen LogP contribution is -2.34. The number of nitrogens with one attached hydrogen (secondary N) is 1. The molecule has 0 spiro atoms. The van der Waals surface area contributed by atoms with Crippen LogP contribution in [0.15, 0.2) is 39.4 Å². The van der Waals surface area contributed by atoms with Crippen molar-refractivity contribution >= 4 is 44.2 Å². The van der Waals surface area contributed by atoms with Gasteiger partial charge in [-0.15, -0.1) is 11.8 Å². The van der Waals surface area contributed by atoms with Gasteiger partial charge in [-0.3, -0.25) is 4.79 Å². The number of aryl methyl sites for hydroxylation is 1. The fourth-order valence-electron chi connectivity index (χ4n) is 1.84. The Labute approximate surface area is 144 Å². The van der Waals surface area contributed by atoms with Gasteiger partial charge in [0, 0.05) is 7.05 Å². The molecule has 1 heterocycles. The van der Waals surface area contributed by atoms with Gasteiger partial charge >= 0.3 is 0 Å². The molecule has 6 nitrogen and oxygen atoms in total. The first-order chi connectivity index (χ1) is 10.8. The molecule has 2 aromatic rings. The van der Waals surface area contributed by atoms with Gasteiger partial charge in [0.1, 0.15) is 0 Å². The quantitative estimate of drug-likeness (QED) is 0.789. The molecule has 0 aliphatic carbocycles. The fraction of sp³-hybridized carbons (Fsp3) is 0.286. The van der Waals surface area contributed by atoms with Crippen LogP contribution < -0.4 is 5.32 Å². The molecule has 0 bridgehead atoms. The molecule has 1 aromatic heterocycles. The Hall–Kier alpha value is -1.42. The van der Waals surface area contributed by atoms with Crippen molar-refractivity contribution in [3.8, 4) is 0 Å². The largest absolute Gasteiger partial charge is 0.301 e. The molecular formula is C14H17N3O3S3. The number of sulfonamides is 1. The van der Waals surface area contributed by atoms with Crippen molar-refractivity contribution in [2.24, 2.45) is 0 Å². The number of hydrogen-bond donors (Lipinski definition) is 1. The van der Waals surface area contributed by atoms with Crippen LogP contribution in [0.3, 0.4) is 0 Å². The second-order valence-electron chi connectivity index (χ2n) is 4.72. The van der Waals surface area contributed by atoms with Crippen LogP contribution >= 0.6 is 23.1 Å². The Bertz CT molecular complexity index is 788. The van der Waals surface area contributed by atoms with Crippen molar-refractivity contribution in [3.63, 3.8) is 0 Å². The number of anilines is 1. The van der Waals surface area contributed by atoms with Gasteiger partial charge in [-0.1, -0.05) is 29.5 Å². The maximum atomic E-state index is 12.4. The van der Waals surface area contributed by atoms with E-state index in [2.05, 4.69) is 10.3 Å². The summed E-state index contributed by atoms with van der Waals surface area (Å²) in [6.07, 6.45) is 1.94. The Morgan fingerprint density at radius 2 is 2.00 bits per heavy atom. The zero-order valence-electron chi connectivity index (χ0n) is 12.9. The van der Waals surface area contributed by atoms with Crippen molar-refractivity contribution in [1.82, 2.24) is 9.29 Å². The SMILES string of the molecule is CSc1sc(NC(=O)CN(C)S(=O)(=O)c2ccccc2)nc1C. The molecule has 0 aliphatic heterocycles. The van der Waals surface area contributed by atoms with E-state index < -0.39 is 15.9 Å². The highest BCUT2D eigenvalue weighted by molar-refractivity contribution is 8.00. The third-order valence-electron chi connectivity index (χ3n) is 3.00. The van der Waals surface area contributed by atoms with Crippen LogP contribution in [0, 0.1) is 6.92 Å². The number of carbonyl (C=O) groups is 1. The molecule has 9 heteroatoms. The van der Waals surface area contributed by atoms with Gasteiger partial charge in [0.05, 0.1) is 21.3 Å². The zero-order chi connectivity index (χ0) is 17.0. The highest BCUT2D eigenvalue weighted by Crippen LogP contribution is 2.30. The number of thioether (sulfide) groups is 1. The molecule has 0 fully saturated rings. The topological polar surface area (TPSA) is 79.4 Å². The van der Waals surface area contributed by atoms with Crippen molar-refractivity contribution in [3.05, 3.63) is 36.0 Å². The van der Waals surface area contributed by atoms with Gasteiger partial charge in [-0.25, -0.2) is 13.4 Å². The van der Waals surface area contributed by atoms with Crippen LogP contribution in [0.1, 0.15) is 5.69 Å². The molecule has 2 rings (SSSR count). The van der Waals surface area contributed by atoms with E-state index in [4.69, 9.17) is 0 Å². The van der Waals surface area contributed by atoms with Crippen molar-refractivity contribution < 1.29 is 13.2 Å². The maximum absolute atomic E-state index is 12.4. The number of amides is 1. The van der Waals surface area contributed by atoms with Gasteiger partial charge in [-0.2, -0.15) is 4.31 Å². The zero-order valence-corrected chi connectivity index (χ0v) is 15.4. The van der Waals surface area contributed by atoms with Crippen LogP contribution in [-0.2, 0) is 14.8 Å². The number of hydrogen-bond acceptors (Lipinski definition) is 6. The fourth-order valence-corrected chi connectivity index (χ4v) is 4.62. The molecule has 0 aliphatic rings. The number of nitrogens with zero attached hydrogens (tertiary/aromatic N) is 2. The number of likely N-dealkylation sites (N-methyl/N-ethyl adjacent to an activating group) is 1. The molecule has 0 saturated heterocycles. The summed E-state index contributed by atoms with van der Waals surface area (Å²) < 4.78 is 26.7. The Morgan fingerprint density at radius 3 is 2.57 bits per heavy atom. The highest BCUT2D eigenvalue weighted by atomic mass is 32.2. The van der Waals surface area contributed by atoms with E-state index in [9.17, 15) is 13.2 Å². The monoisotopic (exact) mass is 371 g/mol. The van der Waals surface area contributed by atoms with Crippen molar-refractivity contribution in [1.29, 1.82) is 0 Å². The number of aromatic nitrogens is 1. The Kier molecular flexibility index (Phi) is 5.79. The van der Waals surface area contributed by atoms with Crippen LogP contribution in [0.25, 0.3) is 0 Å². The molecular weight excluding hydrogens is 354 g/mol. The molecule has 0 saturated carbocycles. The minimum Gasteiger partial charge on any atom is -0.301 e. The first-order valence-corrected chi connectivity index (χ1v) is 10.2. The molecule has 1 aromatic carbocycles. The molecule has 23 heavy (non-hydrogen) atoms. The van der Waals surface area contributed by atoms with Crippen LogP contribution in [0.4, 0.5) is 5.13 Å². The second kappa shape index (κ2) is 7.43. The number of thiazole rings is 1. The van der Waals surface area contributed by atoms with Crippen molar-refractivity contribution in [2.45, 2.75) is 16.0 Å². The lowest BCUT2D eigenvalue weighted by molar-refractivity contribution is -0.116. The smallest absolute Gasteiger partial charge is 0.243 e. The average molecular weight is 372 g/mol.